The van der Waals surface area contributed by atoms with Gasteiger partial charge in [-0.3, -0.25) is 4.79 Å². The standard InChI is InChI=1S/C10H9BrO2/c11-9-5-7(6-12)1-4-10(9)13-8-2-3-8/h1,4-6,8H,2-3H2. The van der Waals surface area contributed by atoms with Crippen molar-refractivity contribution in [3.05, 3.63) is 28.2 Å². The van der Waals surface area contributed by atoms with Crippen LogP contribution < -0.4 is 4.74 Å². The van der Waals surface area contributed by atoms with Crippen LogP contribution in [0.5, 0.6) is 5.75 Å². The van der Waals surface area contributed by atoms with E-state index in [2.05, 4.69) is 15.9 Å². The van der Waals surface area contributed by atoms with Gasteiger partial charge in [0.25, 0.3) is 0 Å². The Morgan fingerprint density at radius 2 is 2.23 bits per heavy atom. The molecule has 0 N–H and O–H groups in total. The largest absolute Gasteiger partial charge is 0.489 e. The molecule has 1 saturated carbocycles. The van der Waals surface area contributed by atoms with E-state index in [1.807, 2.05) is 6.07 Å². The monoisotopic (exact) mass is 240 g/mol. The highest BCUT2D eigenvalue weighted by Crippen LogP contribution is 2.32. The van der Waals surface area contributed by atoms with Crippen molar-refractivity contribution in [2.24, 2.45) is 0 Å². The molecule has 1 aromatic carbocycles. The van der Waals surface area contributed by atoms with Gasteiger partial charge in [-0.1, -0.05) is 0 Å². The molecule has 68 valence electrons. The Morgan fingerprint density at radius 3 is 2.77 bits per heavy atom. The zero-order valence-electron chi connectivity index (χ0n) is 7.00. The van der Waals surface area contributed by atoms with E-state index in [0.717, 1.165) is 29.4 Å². The summed E-state index contributed by atoms with van der Waals surface area (Å²) in [5.74, 6) is 0.827. The number of carbonyl (C=O) groups is 1. The maximum Gasteiger partial charge on any atom is 0.150 e. The fraction of sp³-hybridized carbons (Fsp3) is 0.300. The molecule has 0 atom stereocenters. The van der Waals surface area contributed by atoms with Crippen molar-refractivity contribution in [3.63, 3.8) is 0 Å². The minimum atomic E-state index is 0.387. The van der Waals surface area contributed by atoms with Gasteiger partial charge in [0.05, 0.1) is 10.6 Å². The SMILES string of the molecule is O=Cc1ccc(OC2CC2)c(Br)c1. The predicted molar refractivity (Wildman–Crippen MR) is 53.2 cm³/mol. The molecule has 1 aliphatic carbocycles. The molecule has 1 aromatic rings. The van der Waals surface area contributed by atoms with Crippen LogP contribution in [0.2, 0.25) is 0 Å². The van der Waals surface area contributed by atoms with E-state index in [0.29, 0.717) is 11.7 Å². The molecule has 13 heavy (non-hydrogen) atoms. The van der Waals surface area contributed by atoms with Gasteiger partial charge < -0.3 is 4.74 Å². The van der Waals surface area contributed by atoms with Crippen LogP contribution in [0.1, 0.15) is 23.2 Å². The van der Waals surface area contributed by atoms with Crippen molar-refractivity contribution in [3.8, 4) is 5.75 Å². The average Bonchev–Trinajstić information content (AvgIpc) is 2.92. The van der Waals surface area contributed by atoms with Crippen LogP contribution in [0.3, 0.4) is 0 Å². The minimum absolute atomic E-state index is 0.387. The van der Waals surface area contributed by atoms with Gasteiger partial charge in [-0.15, -0.1) is 0 Å². The number of rotatable bonds is 3. The minimum Gasteiger partial charge on any atom is -0.489 e. The molecule has 0 unspecified atom stereocenters. The van der Waals surface area contributed by atoms with Crippen molar-refractivity contribution < 1.29 is 9.53 Å². The Balaban J connectivity index is 2.20. The maximum absolute atomic E-state index is 10.4. The molecule has 0 heterocycles. The highest BCUT2D eigenvalue weighted by molar-refractivity contribution is 9.10. The molecule has 2 rings (SSSR count). The molecule has 1 aliphatic rings. The Labute approximate surface area is 85.0 Å². The van der Waals surface area contributed by atoms with Gasteiger partial charge in [0.15, 0.2) is 0 Å². The van der Waals surface area contributed by atoms with Gasteiger partial charge in [-0.05, 0) is 47.0 Å². The maximum atomic E-state index is 10.4. The third kappa shape index (κ3) is 2.10. The lowest BCUT2D eigenvalue weighted by Gasteiger charge is -2.06. The summed E-state index contributed by atoms with van der Waals surface area (Å²) in [5.41, 5.74) is 0.662. The summed E-state index contributed by atoms with van der Waals surface area (Å²) in [6, 6.07) is 5.35. The number of carbonyl (C=O) groups excluding carboxylic acids is 1. The van der Waals surface area contributed by atoms with Gasteiger partial charge in [0, 0.05) is 5.56 Å². The first-order chi connectivity index (χ1) is 6.29. The third-order valence-electron chi connectivity index (χ3n) is 1.91. The second kappa shape index (κ2) is 3.50. The molecule has 1 fully saturated rings. The molecule has 0 radical (unpaired) electrons. The van der Waals surface area contributed by atoms with Gasteiger partial charge in [-0.25, -0.2) is 0 Å². The van der Waals surface area contributed by atoms with Crippen LogP contribution in [0.25, 0.3) is 0 Å². The summed E-state index contributed by atoms with van der Waals surface area (Å²) in [4.78, 5) is 10.4. The summed E-state index contributed by atoms with van der Waals surface area (Å²) >= 11 is 3.36. The van der Waals surface area contributed by atoms with E-state index >= 15 is 0 Å². The Hall–Kier alpha value is -0.830. The first-order valence-electron chi connectivity index (χ1n) is 4.21. The molecule has 0 saturated heterocycles. The van der Waals surface area contributed by atoms with Crippen molar-refractivity contribution in [1.82, 2.24) is 0 Å². The smallest absolute Gasteiger partial charge is 0.150 e. The van der Waals surface area contributed by atoms with Crippen LogP contribution in [0.4, 0.5) is 0 Å². The lowest BCUT2D eigenvalue weighted by Crippen LogP contribution is -1.96. The predicted octanol–water partition coefficient (Wildman–Crippen LogP) is 2.80. The van der Waals surface area contributed by atoms with Gasteiger partial charge in [0.1, 0.15) is 12.0 Å². The molecule has 0 amide bonds. The Morgan fingerprint density at radius 1 is 1.46 bits per heavy atom. The lowest BCUT2D eigenvalue weighted by molar-refractivity contribution is 0.112. The van der Waals surface area contributed by atoms with E-state index in [1.165, 1.54) is 0 Å². The van der Waals surface area contributed by atoms with E-state index in [1.54, 1.807) is 12.1 Å². The zero-order chi connectivity index (χ0) is 9.26. The van der Waals surface area contributed by atoms with E-state index in [4.69, 9.17) is 4.74 Å². The number of hydrogen-bond donors (Lipinski definition) is 0. The number of benzene rings is 1. The second-order valence-electron chi connectivity index (χ2n) is 3.12. The highest BCUT2D eigenvalue weighted by Gasteiger charge is 2.24. The first-order valence-corrected chi connectivity index (χ1v) is 5.00. The van der Waals surface area contributed by atoms with Gasteiger partial charge in [0.2, 0.25) is 0 Å². The Bertz CT molecular complexity index is 332. The van der Waals surface area contributed by atoms with Crippen LogP contribution in [0, 0.1) is 0 Å². The normalized spacial score (nSPS) is 15.5. The van der Waals surface area contributed by atoms with Crippen LogP contribution >= 0.6 is 15.9 Å². The molecule has 0 aliphatic heterocycles. The van der Waals surface area contributed by atoms with Crippen LogP contribution in [0.15, 0.2) is 22.7 Å². The zero-order valence-corrected chi connectivity index (χ0v) is 8.58. The molecule has 0 bridgehead atoms. The average molecular weight is 241 g/mol. The molecule has 3 heteroatoms. The van der Waals surface area contributed by atoms with Crippen molar-refractivity contribution in [1.29, 1.82) is 0 Å². The number of hydrogen-bond acceptors (Lipinski definition) is 2. The quantitative estimate of drug-likeness (QED) is 0.760. The van der Waals surface area contributed by atoms with Gasteiger partial charge in [-0.2, -0.15) is 0 Å². The third-order valence-corrected chi connectivity index (χ3v) is 2.53. The first kappa shape index (κ1) is 8.75. The van der Waals surface area contributed by atoms with Crippen LogP contribution in [-0.2, 0) is 0 Å². The van der Waals surface area contributed by atoms with E-state index < -0.39 is 0 Å². The molecular weight excluding hydrogens is 232 g/mol. The fourth-order valence-corrected chi connectivity index (χ4v) is 1.54. The molecule has 0 aromatic heterocycles. The summed E-state index contributed by atoms with van der Waals surface area (Å²) in [7, 11) is 0. The summed E-state index contributed by atoms with van der Waals surface area (Å²) in [5, 5.41) is 0. The molecule has 2 nitrogen and oxygen atoms in total. The van der Waals surface area contributed by atoms with Crippen molar-refractivity contribution in [2.45, 2.75) is 18.9 Å². The van der Waals surface area contributed by atoms with Gasteiger partial charge >= 0.3 is 0 Å². The topological polar surface area (TPSA) is 26.3 Å². The summed E-state index contributed by atoms with van der Waals surface area (Å²) in [6.07, 6.45) is 3.49. The van der Waals surface area contributed by atoms with Crippen LogP contribution in [-0.4, -0.2) is 12.4 Å². The van der Waals surface area contributed by atoms with Crippen molar-refractivity contribution in [2.75, 3.05) is 0 Å². The molecular formula is C10H9BrO2. The van der Waals surface area contributed by atoms with E-state index in [9.17, 15) is 4.79 Å². The lowest BCUT2D eigenvalue weighted by atomic mass is 10.2. The number of ether oxygens (including phenoxy) is 1. The highest BCUT2D eigenvalue weighted by atomic mass is 79.9. The summed E-state index contributed by atoms with van der Waals surface area (Å²) in [6.45, 7) is 0. The van der Waals surface area contributed by atoms with Crippen molar-refractivity contribution >= 4 is 22.2 Å². The second-order valence-corrected chi connectivity index (χ2v) is 3.98. The fourth-order valence-electron chi connectivity index (χ4n) is 1.05. The van der Waals surface area contributed by atoms with E-state index in [-0.39, 0.29) is 0 Å². The summed E-state index contributed by atoms with van der Waals surface area (Å²) < 4.78 is 6.44. The number of aldehydes is 1. The Kier molecular flexibility index (Phi) is 2.36. The molecule has 0 spiro atoms. The number of halogens is 1.